The Labute approximate surface area is 202 Å². The number of rotatable bonds is 5. The average molecular weight is 523 g/mol. The number of aliphatic imine (C=N–C) groups is 1. The summed E-state index contributed by atoms with van der Waals surface area (Å²) < 4.78 is 0.695. The summed E-state index contributed by atoms with van der Waals surface area (Å²) in [5.41, 5.74) is 7.80. The molecule has 0 radical (unpaired) electrons. The maximum absolute atomic E-state index is 14.0. The zero-order valence-corrected chi connectivity index (χ0v) is 19.2. The molecule has 11 heteroatoms. The molecule has 0 bridgehead atoms. The van der Waals surface area contributed by atoms with Crippen molar-refractivity contribution in [3.63, 3.8) is 0 Å². The number of nitro groups is 1. The zero-order valence-electron chi connectivity index (χ0n) is 17.6. The Bertz CT molecular complexity index is 1330. The second kappa shape index (κ2) is 9.14. The quantitative estimate of drug-likeness (QED) is 0.202. The number of benzodiazepines with no additional fused rings is 1. The van der Waals surface area contributed by atoms with Crippen molar-refractivity contribution in [1.82, 2.24) is 5.43 Å². The van der Waals surface area contributed by atoms with Crippen molar-refractivity contribution in [2.45, 2.75) is 5.66 Å². The highest BCUT2D eigenvalue weighted by atomic mass is 79.9. The minimum atomic E-state index is -2.21. The first kappa shape index (κ1) is 23.2. The fraction of sp³-hybridized carbons (Fsp3) is 0.0870. The topological polar surface area (TPSA) is 157 Å². The van der Waals surface area contributed by atoms with Gasteiger partial charge in [-0.15, -0.1) is 0 Å². The standard InChI is InChI=1S/C23H19BrN6O4/c24-15-10-11-18-16(12-15)21(14-6-2-1-3-7-14)27-23(25,22(32)29(18)13-20(31)28-26)17-8-4-5-9-19(17)30(33)34/h1-12H,13,25-26H2,(H,28,31). The number of anilines is 1. The van der Waals surface area contributed by atoms with Crippen LogP contribution in [0.25, 0.3) is 0 Å². The van der Waals surface area contributed by atoms with Crippen molar-refractivity contribution in [3.05, 3.63) is 104 Å². The molecule has 0 aliphatic carbocycles. The maximum atomic E-state index is 14.0. The molecular weight excluding hydrogens is 504 g/mol. The molecule has 0 fully saturated rings. The number of halogens is 1. The van der Waals surface area contributed by atoms with Gasteiger partial charge in [-0.3, -0.25) is 35.8 Å². The van der Waals surface area contributed by atoms with Crippen molar-refractivity contribution in [1.29, 1.82) is 0 Å². The SMILES string of the molecule is NNC(=O)CN1C(=O)C(N)(c2ccccc2[N+](=O)[O-])N=C(c2ccccc2)c2cc(Br)ccc21. The van der Waals surface area contributed by atoms with Gasteiger partial charge >= 0.3 is 0 Å². The molecule has 0 spiro atoms. The van der Waals surface area contributed by atoms with Gasteiger partial charge in [0, 0.05) is 21.7 Å². The Hall–Kier alpha value is -3.93. The van der Waals surface area contributed by atoms with Crippen LogP contribution in [0.15, 0.2) is 82.3 Å². The van der Waals surface area contributed by atoms with E-state index in [1.165, 1.54) is 24.3 Å². The Balaban J connectivity index is 2.08. The summed E-state index contributed by atoms with van der Waals surface area (Å²) in [5, 5.41) is 11.8. The third-order valence-electron chi connectivity index (χ3n) is 5.39. The number of fused-ring (bicyclic) bond motifs is 1. The zero-order chi connectivity index (χ0) is 24.5. The summed E-state index contributed by atoms with van der Waals surface area (Å²) in [6.45, 7) is -0.471. The largest absolute Gasteiger partial charge is 0.299 e. The van der Waals surface area contributed by atoms with Crippen LogP contribution in [0.5, 0.6) is 0 Å². The van der Waals surface area contributed by atoms with Crippen LogP contribution in [0.1, 0.15) is 16.7 Å². The van der Waals surface area contributed by atoms with Gasteiger partial charge in [-0.05, 0) is 24.3 Å². The smallest absolute Gasteiger partial charge is 0.276 e. The van der Waals surface area contributed by atoms with Gasteiger partial charge in [0.25, 0.3) is 17.5 Å². The highest BCUT2D eigenvalue weighted by Gasteiger charge is 2.47. The van der Waals surface area contributed by atoms with Gasteiger partial charge in [0.1, 0.15) is 6.54 Å². The van der Waals surface area contributed by atoms with Crippen LogP contribution >= 0.6 is 15.9 Å². The maximum Gasteiger partial charge on any atom is 0.276 e. The van der Waals surface area contributed by atoms with E-state index in [1.54, 1.807) is 42.5 Å². The number of benzene rings is 3. The molecule has 1 heterocycles. The minimum absolute atomic E-state index is 0.108. The van der Waals surface area contributed by atoms with Crippen LogP contribution in [0.3, 0.4) is 0 Å². The van der Waals surface area contributed by atoms with Crippen molar-refractivity contribution < 1.29 is 14.5 Å². The lowest BCUT2D eigenvalue weighted by Crippen LogP contribution is -2.54. The molecular formula is C23H19BrN6O4. The molecule has 2 amide bonds. The van der Waals surface area contributed by atoms with Crippen molar-refractivity contribution in [2.75, 3.05) is 11.4 Å². The third kappa shape index (κ3) is 4.07. The lowest BCUT2D eigenvalue weighted by Gasteiger charge is -2.29. The molecule has 10 nitrogen and oxygen atoms in total. The minimum Gasteiger partial charge on any atom is -0.299 e. The fourth-order valence-electron chi connectivity index (χ4n) is 3.83. The van der Waals surface area contributed by atoms with E-state index in [1.807, 2.05) is 11.5 Å². The normalized spacial score (nSPS) is 17.4. The summed E-state index contributed by atoms with van der Waals surface area (Å²) in [6.07, 6.45) is 0. The van der Waals surface area contributed by atoms with E-state index in [0.29, 0.717) is 27.0 Å². The van der Waals surface area contributed by atoms with Gasteiger partial charge in [0.15, 0.2) is 0 Å². The Kier molecular flexibility index (Phi) is 6.24. The Morgan fingerprint density at radius 2 is 1.79 bits per heavy atom. The third-order valence-corrected chi connectivity index (χ3v) is 5.88. The van der Waals surface area contributed by atoms with E-state index in [-0.39, 0.29) is 11.3 Å². The van der Waals surface area contributed by atoms with Crippen molar-refractivity contribution >= 4 is 44.8 Å². The van der Waals surface area contributed by atoms with Crippen LogP contribution in [-0.4, -0.2) is 29.0 Å². The van der Waals surface area contributed by atoms with Crippen LogP contribution in [0.4, 0.5) is 11.4 Å². The summed E-state index contributed by atoms with van der Waals surface area (Å²) in [5.74, 6) is 3.81. The van der Waals surface area contributed by atoms with Crippen LogP contribution < -0.4 is 21.9 Å². The number of hydrogen-bond donors (Lipinski definition) is 3. The lowest BCUT2D eigenvalue weighted by molar-refractivity contribution is -0.386. The molecule has 3 aromatic rings. The highest BCUT2D eigenvalue weighted by Crippen LogP contribution is 2.38. The number of nitro benzene ring substituents is 1. The Morgan fingerprint density at radius 1 is 1.12 bits per heavy atom. The molecule has 0 saturated heterocycles. The lowest BCUT2D eigenvalue weighted by atomic mass is 9.96. The van der Waals surface area contributed by atoms with Gasteiger partial charge in [-0.2, -0.15) is 0 Å². The number of amides is 2. The Morgan fingerprint density at radius 3 is 2.47 bits per heavy atom. The van der Waals surface area contributed by atoms with Crippen LogP contribution in [-0.2, 0) is 15.3 Å². The first-order chi connectivity index (χ1) is 16.3. The molecule has 34 heavy (non-hydrogen) atoms. The van der Waals surface area contributed by atoms with Gasteiger partial charge in [0.05, 0.1) is 21.9 Å². The summed E-state index contributed by atoms with van der Waals surface area (Å²) in [6, 6.07) is 19.7. The predicted octanol–water partition coefficient (Wildman–Crippen LogP) is 2.34. The summed E-state index contributed by atoms with van der Waals surface area (Å²) in [7, 11) is 0. The molecule has 1 aliphatic heterocycles. The molecule has 0 saturated carbocycles. The second-order valence-corrected chi connectivity index (χ2v) is 8.40. The van der Waals surface area contributed by atoms with Crippen LogP contribution in [0, 0.1) is 10.1 Å². The molecule has 1 aliphatic rings. The number of carbonyl (C=O) groups is 2. The van der Waals surface area contributed by atoms with Gasteiger partial charge in [0.2, 0.25) is 5.66 Å². The number of carbonyl (C=O) groups excluding carboxylic acids is 2. The molecule has 1 atom stereocenters. The first-order valence-corrected chi connectivity index (χ1v) is 10.8. The fourth-order valence-corrected chi connectivity index (χ4v) is 4.19. The second-order valence-electron chi connectivity index (χ2n) is 7.49. The van der Waals surface area contributed by atoms with E-state index >= 15 is 0 Å². The number of nitrogens with zero attached hydrogens (tertiary/aromatic N) is 3. The van der Waals surface area contributed by atoms with Crippen LogP contribution in [0.2, 0.25) is 0 Å². The number of nitrogens with two attached hydrogens (primary N) is 2. The number of nitrogens with one attached hydrogen (secondary N) is 1. The number of hydrazine groups is 1. The van der Waals surface area contributed by atoms with E-state index in [0.717, 1.165) is 4.90 Å². The molecule has 1 unspecified atom stereocenters. The molecule has 4 rings (SSSR count). The number of para-hydroxylation sites is 1. The first-order valence-electron chi connectivity index (χ1n) is 10.1. The van der Waals surface area contributed by atoms with Gasteiger partial charge in [-0.25, -0.2) is 10.8 Å². The summed E-state index contributed by atoms with van der Waals surface area (Å²) in [4.78, 5) is 43.2. The monoisotopic (exact) mass is 522 g/mol. The van der Waals surface area contributed by atoms with E-state index in [2.05, 4.69) is 20.9 Å². The predicted molar refractivity (Wildman–Crippen MR) is 130 cm³/mol. The number of hydrogen-bond acceptors (Lipinski definition) is 7. The van der Waals surface area contributed by atoms with Gasteiger partial charge < -0.3 is 0 Å². The molecule has 5 N–H and O–H groups in total. The van der Waals surface area contributed by atoms with E-state index in [9.17, 15) is 19.7 Å². The average Bonchev–Trinajstić information content (AvgIpc) is 2.93. The molecule has 172 valence electrons. The van der Waals surface area contributed by atoms with E-state index in [4.69, 9.17) is 11.6 Å². The molecule has 3 aromatic carbocycles. The molecule has 0 aromatic heterocycles. The van der Waals surface area contributed by atoms with Crippen molar-refractivity contribution in [3.8, 4) is 0 Å². The highest BCUT2D eigenvalue weighted by molar-refractivity contribution is 9.10. The van der Waals surface area contributed by atoms with Gasteiger partial charge in [-0.1, -0.05) is 58.4 Å². The van der Waals surface area contributed by atoms with Crippen molar-refractivity contribution in [2.24, 2.45) is 16.6 Å². The summed E-state index contributed by atoms with van der Waals surface area (Å²) >= 11 is 3.44. The van der Waals surface area contributed by atoms with E-state index < -0.39 is 28.9 Å².